The Bertz CT molecular complexity index is 366. The maximum Gasteiger partial charge on any atom is 0.141 e. The van der Waals surface area contributed by atoms with Gasteiger partial charge in [-0.1, -0.05) is 19.3 Å². The number of pyridine rings is 1. The maximum atomic E-state index is 9.26. The van der Waals surface area contributed by atoms with E-state index in [9.17, 15) is 5.11 Å². The zero-order valence-electron chi connectivity index (χ0n) is 10.7. The molecule has 1 fully saturated rings. The number of nitrogens with two attached hydrogens (primary N) is 1. The smallest absolute Gasteiger partial charge is 0.141 e. The van der Waals surface area contributed by atoms with Crippen LogP contribution in [0.25, 0.3) is 0 Å². The van der Waals surface area contributed by atoms with Crippen molar-refractivity contribution in [2.45, 2.75) is 38.1 Å². The van der Waals surface area contributed by atoms with Gasteiger partial charge in [0.05, 0.1) is 6.61 Å². The fourth-order valence-corrected chi connectivity index (χ4v) is 2.70. The number of anilines is 2. The number of nitrogen functional groups attached to an aromatic ring is 1. The van der Waals surface area contributed by atoms with Crippen molar-refractivity contribution in [3.05, 3.63) is 18.3 Å². The average Bonchev–Trinajstić information content (AvgIpc) is 2.46. The number of hydrazine groups is 1. The summed E-state index contributed by atoms with van der Waals surface area (Å²) in [4.78, 5) is 6.40. The molecule has 18 heavy (non-hydrogen) atoms. The molecule has 0 unspecified atom stereocenters. The Morgan fingerprint density at radius 2 is 2.17 bits per heavy atom. The standard InChI is InChI=1S/C13H22N4O/c14-16-13-10-12(6-7-15-13)17(8-9-18)11-4-2-1-3-5-11/h6-7,10-11,18H,1-5,8-9,14H2,(H,15,16). The largest absolute Gasteiger partial charge is 0.395 e. The lowest BCUT2D eigenvalue weighted by molar-refractivity contribution is 0.290. The zero-order valence-corrected chi connectivity index (χ0v) is 10.7. The van der Waals surface area contributed by atoms with Crippen LogP contribution < -0.4 is 16.2 Å². The molecule has 1 aliphatic rings. The molecule has 1 aromatic heterocycles. The Morgan fingerprint density at radius 1 is 1.39 bits per heavy atom. The van der Waals surface area contributed by atoms with E-state index in [4.69, 9.17) is 5.84 Å². The summed E-state index contributed by atoms with van der Waals surface area (Å²) in [6.07, 6.45) is 8.04. The maximum absolute atomic E-state index is 9.26. The zero-order chi connectivity index (χ0) is 12.8. The molecule has 100 valence electrons. The predicted molar refractivity (Wildman–Crippen MR) is 73.4 cm³/mol. The molecule has 0 atom stereocenters. The molecule has 0 amide bonds. The van der Waals surface area contributed by atoms with Gasteiger partial charge in [-0.15, -0.1) is 0 Å². The molecular formula is C13H22N4O. The first kappa shape index (κ1) is 13.1. The molecule has 1 heterocycles. The van der Waals surface area contributed by atoms with Crippen LogP contribution in [0.15, 0.2) is 18.3 Å². The molecule has 0 spiro atoms. The van der Waals surface area contributed by atoms with Crippen molar-refractivity contribution in [2.24, 2.45) is 5.84 Å². The van der Waals surface area contributed by atoms with Gasteiger partial charge in [0.15, 0.2) is 0 Å². The number of nitrogens with zero attached hydrogens (tertiary/aromatic N) is 2. The van der Waals surface area contributed by atoms with Gasteiger partial charge in [0.25, 0.3) is 0 Å². The summed E-state index contributed by atoms with van der Waals surface area (Å²) in [5, 5.41) is 9.26. The molecule has 0 saturated heterocycles. The Hall–Kier alpha value is -1.33. The first-order chi connectivity index (χ1) is 8.85. The number of hydrogen-bond donors (Lipinski definition) is 3. The molecule has 4 N–H and O–H groups in total. The average molecular weight is 250 g/mol. The van der Waals surface area contributed by atoms with Crippen LogP contribution in [0.3, 0.4) is 0 Å². The van der Waals surface area contributed by atoms with Crippen LogP contribution in [0.2, 0.25) is 0 Å². The first-order valence-corrected chi connectivity index (χ1v) is 6.65. The van der Waals surface area contributed by atoms with Gasteiger partial charge in [0.1, 0.15) is 5.82 Å². The molecule has 2 rings (SSSR count). The summed E-state index contributed by atoms with van der Waals surface area (Å²) >= 11 is 0. The minimum atomic E-state index is 0.171. The van der Waals surface area contributed by atoms with Gasteiger partial charge in [-0.2, -0.15) is 0 Å². The van der Waals surface area contributed by atoms with E-state index in [0.29, 0.717) is 18.4 Å². The van der Waals surface area contributed by atoms with Crippen LogP contribution in [-0.2, 0) is 0 Å². The number of nitrogens with one attached hydrogen (secondary N) is 1. The molecule has 5 heteroatoms. The van der Waals surface area contributed by atoms with Crippen LogP contribution in [0.4, 0.5) is 11.5 Å². The summed E-state index contributed by atoms with van der Waals surface area (Å²) in [6.45, 7) is 0.836. The van der Waals surface area contributed by atoms with Gasteiger partial charge in [-0.25, -0.2) is 10.8 Å². The van der Waals surface area contributed by atoms with E-state index in [1.807, 2.05) is 12.1 Å². The van der Waals surface area contributed by atoms with Crippen molar-refractivity contribution in [2.75, 3.05) is 23.5 Å². The van der Waals surface area contributed by atoms with E-state index in [0.717, 1.165) is 5.69 Å². The van der Waals surface area contributed by atoms with E-state index >= 15 is 0 Å². The van der Waals surface area contributed by atoms with Crippen molar-refractivity contribution in [3.8, 4) is 0 Å². The van der Waals surface area contributed by atoms with Crippen LogP contribution in [-0.4, -0.2) is 29.3 Å². The number of aliphatic hydroxyl groups is 1. The monoisotopic (exact) mass is 250 g/mol. The Balaban J connectivity index is 2.16. The third-order valence-corrected chi connectivity index (χ3v) is 3.58. The van der Waals surface area contributed by atoms with Crippen molar-refractivity contribution in [1.82, 2.24) is 4.98 Å². The highest BCUT2D eigenvalue weighted by atomic mass is 16.3. The minimum absolute atomic E-state index is 0.171. The molecule has 0 radical (unpaired) electrons. The number of aliphatic hydroxyl groups excluding tert-OH is 1. The topological polar surface area (TPSA) is 74.4 Å². The Kier molecular flexibility index (Phi) is 4.78. The molecule has 0 aliphatic heterocycles. The number of aromatic nitrogens is 1. The molecule has 1 aliphatic carbocycles. The van der Waals surface area contributed by atoms with Crippen molar-refractivity contribution >= 4 is 11.5 Å². The summed E-state index contributed by atoms with van der Waals surface area (Å²) in [5.74, 6) is 6.05. The summed E-state index contributed by atoms with van der Waals surface area (Å²) in [5.41, 5.74) is 3.65. The molecule has 1 saturated carbocycles. The summed E-state index contributed by atoms with van der Waals surface area (Å²) in [7, 11) is 0. The third kappa shape index (κ3) is 3.11. The second-order valence-corrected chi connectivity index (χ2v) is 4.75. The van der Waals surface area contributed by atoms with Crippen LogP contribution in [0.5, 0.6) is 0 Å². The fourth-order valence-electron chi connectivity index (χ4n) is 2.70. The molecule has 5 nitrogen and oxygen atoms in total. The minimum Gasteiger partial charge on any atom is -0.395 e. The highest BCUT2D eigenvalue weighted by molar-refractivity contribution is 5.54. The number of hydrogen-bond acceptors (Lipinski definition) is 5. The van der Waals surface area contributed by atoms with Gasteiger partial charge in [0, 0.05) is 30.5 Å². The highest BCUT2D eigenvalue weighted by Gasteiger charge is 2.21. The van der Waals surface area contributed by atoms with Crippen LogP contribution >= 0.6 is 0 Å². The lowest BCUT2D eigenvalue weighted by Gasteiger charge is -2.35. The van der Waals surface area contributed by atoms with Gasteiger partial charge in [-0.3, -0.25) is 0 Å². The van der Waals surface area contributed by atoms with E-state index in [-0.39, 0.29) is 6.61 Å². The van der Waals surface area contributed by atoms with Crippen LogP contribution in [0.1, 0.15) is 32.1 Å². The van der Waals surface area contributed by atoms with E-state index in [1.165, 1.54) is 32.1 Å². The Morgan fingerprint density at radius 3 is 2.83 bits per heavy atom. The summed E-state index contributed by atoms with van der Waals surface area (Å²) in [6, 6.07) is 4.44. The van der Waals surface area contributed by atoms with E-state index < -0.39 is 0 Å². The molecule has 1 aromatic rings. The SMILES string of the molecule is NNc1cc(N(CCO)C2CCCCC2)ccn1. The van der Waals surface area contributed by atoms with Gasteiger partial charge in [-0.05, 0) is 18.9 Å². The van der Waals surface area contributed by atoms with Gasteiger partial charge >= 0.3 is 0 Å². The molecule has 0 bridgehead atoms. The van der Waals surface area contributed by atoms with Gasteiger partial charge in [0.2, 0.25) is 0 Å². The number of rotatable bonds is 5. The third-order valence-electron chi connectivity index (χ3n) is 3.58. The summed E-state index contributed by atoms with van der Waals surface area (Å²) < 4.78 is 0. The van der Waals surface area contributed by atoms with Crippen molar-refractivity contribution in [1.29, 1.82) is 0 Å². The van der Waals surface area contributed by atoms with Gasteiger partial charge < -0.3 is 15.4 Å². The van der Waals surface area contributed by atoms with Crippen molar-refractivity contribution < 1.29 is 5.11 Å². The van der Waals surface area contributed by atoms with E-state index in [1.54, 1.807) is 6.20 Å². The second kappa shape index (κ2) is 6.56. The Labute approximate surface area is 108 Å². The van der Waals surface area contributed by atoms with Crippen LogP contribution in [0, 0.1) is 0 Å². The van der Waals surface area contributed by atoms with E-state index in [2.05, 4.69) is 15.3 Å². The first-order valence-electron chi connectivity index (χ1n) is 6.65. The molecular weight excluding hydrogens is 228 g/mol. The fraction of sp³-hybridized carbons (Fsp3) is 0.615. The molecule has 0 aromatic carbocycles. The predicted octanol–water partition coefficient (Wildman–Crippen LogP) is 1.50. The lowest BCUT2D eigenvalue weighted by Crippen LogP contribution is -2.38. The van der Waals surface area contributed by atoms with Crippen molar-refractivity contribution in [3.63, 3.8) is 0 Å². The second-order valence-electron chi connectivity index (χ2n) is 4.75. The lowest BCUT2D eigenvalue weighted by atomic mass is 9.94. The normalized spacial score (nSPS) is 16.6. The highest BCUT2D eigenvalue weighted by Crippen LogP contribution is 2.27. The quantitative estimate of drug-likeness (QED) is 0.545.